The number of carbonyl (C=O) groups excluding carboxylic acids is 1. The number of hydrogen-bond acceptors (Lipinski definition) is 4. The van der Waals surface area contributed by atoms with E-state index in [1.165, 1.54) is 0 Å². The Morgan fingerprint density at radius 3 is 2.74 bits per heavy atom. The lowest BCUT2D eigenvalue weighted by Gasteiger charge is -2.12. The molecule has 0 fully saturated rings. The molecule has 5 nitrogen and oxygen atoms in total. The van der Waals surface area contributed by atoms with Gasteiger partial charge in [0, 0.05) is 6.07 Å². The van der Waals surface area contributed by atoms with Crippen LogP contribution < -0.4 is 0 Å². The molecule has 0 saturated carbocycles. The van der Waals surface area contributed by atoms with Gasteiger partial charge < -0.3 is 4.74 Å². The first-order chi connectivity index (χ1) is 8.86. The molecule has 104 valence electrons. The monoisotopic (exact) mass is 333 g/mol. The normalized spacial score (nSPS) is 12.0. The number of rotatable bonds is 5. The molecular formula is C12H13BrFNO4. The maximum atomic E-state index is 13.4. The van der Waals surface area contributed by atoms with E-state index in [1.54, 1.807) is 6.92 Å². The summed E-state index contributed by atoms with van der Waals surface area (Å²) < 4.78 is 18.4. The van der Waals surface area contributed by atoms with E-state index in [0.29, 0.717) is 6.42 Å². The summed E-state index contributed by atoms with van der Waals surface area (Å²) in [5.74, 6) is -1.64. The van der Waals surface area contributed by atoms with E-state index in [4.69, 9.17) is 4.74 Å². The first-order valence-corrected chi connectivity index (χ1v) is 6.50. The van der Waals surface area contributed by atoms with Gasteiger partial charge >= 0.3 is 5.97 Å². The Morgan fingerprint density at radius 2 is 2.21 bits per heavy atom. The van der Waals surface area contributed by atoms with Gasteiger partial charge in [-0.1, -0.05) is 13.3 Å². The van der Waals surface area contributed by atoms with Gasteiger partial charge in [-0.2, -0.15) is 0 Å². The minimum Gasteiger partial charge on any atom is -0.459 e. The zero-order valence-corrected chi connectivity index (χ0v) is 12.1. The molecule has 0 amide bonds. The minimum absolute atomic E-state index is 0.0719. The van der Waals surface area contributed by atoms with Crippen molar-refractivity contribution in [2.75, 3.05) is 0 Å². The van der Waals surface area contributed by atoms with Crippen LogP contribution in [0.4, 0.5) is 10.1 Å². The van der Waals surface area contributed by atoms with E-state index >= 15 is 0 Å². The van der Waals surface area contributed by atoms with Crippen molar-refractivity contribution < 1.29 is 18.8 Å². The van der Waals surface area contributed by atoms with Crippen molar-refractivity contribution in [3.8, 4) is 0 Å². The smallest absolute Gasteiger partial charge is 0.345 e. The quantitative estimate of drug-likeness (QED) is 0.466. The minimum atomic E-state index is -0.890. The van der Waals surface area contributed by atoms with Gasteiger partial charge in [0.25, 0.3) is 5.69 Å². The molecule has 1 aromatic rings. The predicted molar refractivity (Wildman–Crippen MR) is 70.5 cm³/mol. The number of halogens is 2. The van der Waals surface area contributed by atoms with Crippen molar-refractivity contribution in [3.63, 3.8) is 0 Å². The summed E-state index contributed by atoms with van der Waals surface area (Å²) >= 11 is 2.84. The number of nitrogens with zero attached hydrogens (tertiary/aromatic N) is 1. The molecule has 0 aromatic heterocycles. The van der Waals surface area contributed by atoms with Crippen LogP contribution in [0.3, 0.4) is 0 Å². The Labute approximate surface area is 118 Å². The van der Waals surface area contributed by atoms with Gasteiger partial charge in [-0.3, -0.25) is 10.1 Å². The topological polar surface area (TPSA) is 69.4 Å². The zero-order valence-electron chi connectivity index (χ0n) is 10.5. The molecule has 1 aromatic carbocycles. The highest BCUT2D eigenvalue weighted by Crippen LogP contribution is 2.27. The fraction of sp³-hybridized carbons (Fsp3) is 0.417. The highest BCUT2D eigenvalue weighted by atomic mass is 79.9. The maximum absolute atomic E-state index is 13.4. The average molecular weight is 334 g/mol. The lowest BCUT2D eigenvalue weighted by atomic mass is 10.1. The largest absolute Gasteiger partial charge is 0.459 e. The highest BCUT2D eigenvalue weighted by Gasteiger charge is 2.25. The fourth-order valence-corrected chi connectivity index (χ4v) is 1.89. The number of nitro groups is 1. The third-order valence-corrected chi connectivity index (χ3v) is 3.07. The second kappa shape index (κ2) is 6.60. The van der Waals surface area contributed by atoms with Gasteiger partial charge in [-0.25, -0.2) is 9.18 Å². The Balaban J connectivity index is 3.08. The summed E-state index contributed by atoms with van der Waals surface area (Å²) in [6.45, 7) is 3.61. The van der Waals surface area contributed by atoms with Crippen LogP contribution in [0, 0.1) is 15.9 Å². The molecule has 0 N–H and O–H groups in total. The molecule has 0 spiro atoms. The molecule has 0 radical (unpaired) electrons. The summed E-state index contributed by atoms with van der Waals surface area (Å²) in [4.78, 5) is 21.9. The molecule has 0 bridgehead atoms. The van der Waals surface area contributed by atoms with Crippen molar-refractivity contribution in [2.24, 2.45) is 0 Å². The highest BCUT2D eigenvalue weighted by molar-refractivity contribution is 9.10. The van der Waals surface area contributed by atoms with Crippen LogP contribution >= 0.6 is 15.9 Å². The fourth-order valence-electron chi connectivity index (χ4n) is 1.56. The van der Waals surface area contributed by atoms with Crippen LogP contribution in [0.1, 0.15) is 37.0 Å². The molecule has 0 aliphatic heterocycles. The first kappa shape index (κ1) is 15.6. The van der Waals surface area contributed by atoms with E-state index in [9.17, 15) is 19.3 Å². The van der Waals surface area contributed by atoms with Gasteiger partial charge in [0.2, 0.25) is 0 Å². The second-order valence-electron chi connectivity index (χ2n) is 4.05. The van der Waals surface area contributed by atoms with Crippen molar-refractivity contribution in [3.05, 3.63) is 38.1 Å². The van der Waals surface area contributed by atoms with Gasteiger partial charge in [-0.15, -0.1) is 0 Å². The SMILES string of the molecule is CCCC(C)OC(=O)c1cc(F)c(Br)cc1[N+](=O)[O-]. The van der Waals surface area contributed by atoms with Gasteiger partial charge in [-0.05, 0) is 35.3 Å². The van der Waals surface area contributed by atoms with Crippen LogP contribution in [0.25, 0.3) is 0 Å². The van der Waals surface area contributed by atoms with Gasteiger partial charge in [0.05, 0.1) is 15.5 Å². The predicted octanol–water partition coefficient (Wildman–Crippen LogP) is 3.84. The van der Waals surface area contributed by atoms with Gasteiger partial charge in [0.1, 0.15) is 11.4 Å². The molecule has 0 aliphatic carbocycles. The number of carbonyl (C=O) groups is 1. The van der Waals surface area contributed by atoms with E-state index in [2.05, 4.69) is 15.9 Å². The van der Waals surface area contributed by atoms with Crippen molar-refractivity contribution in [1.29, 1.82) is 0 Å². The van der Waals surface area contributed by atoms with E-state index in [1.807, 2.05) is 6.92 Å². The van der Waals surface area contributed by atoms with Crippen LogP contribution in [-0.2, 0) is 4.74 Å². The summed E-state index contributed by atoms with van der Waals surface area (Å²) in [6.07, 6.45) is 1.08. The number of hydrogen-bond donors (Lipinski definition) is 0. The molecule has 1 atom stereocenters. The Morgan fingerprint density at radius 1 is 1.58 bits per heavy atom. The Bertz CT molecular complexity index is 507. The van der Waals surface area contributed by atoms with Crippen LogP contribution in [-0.4, -0.2) is 17.0 Å². The van der Waals surface area contributed by atoms with E-state index < -0.39 is 22.4 Å². The summed E-state index contributed by atoms with van der Waals surface area (Å²) in [7, 11) is 0. The number of benzene rings is 1. The Kier molecular flexibility index (Phi) is 5.41. The molecular weight excluding hydrogens is 321 g/mol. The lowest BCUT2D eigenvalue weighted by molar-refractivity contribution is -0.385. The standard InChI is InChI=1S/C12H13BrFNO4/c1-3-4-7(2)19-12(16)8-5-10(14)9(13)6-11(8)15(17)18/h5-7H,3-4H2,1-2H3. The van der Waals surface area contributed by atoms with E-state index in [0.717, 1.165) is 18.6 Å². The van der Waals surface area contributed by atoms with Crippen LogP contribution in [0.5, 0.6) is 0 Å². The van der Waals surface area contributed by atoms with Crippen molar-refractivity contribution >= 4 is 27.6 Å². The molecule has 1 unspecified atom stereocenters. The third-order valence-electron chi connectivity index (χ3n) is 2.46. The molecule has 7 heteroatoms. The third kappa shape index (κ3) is 3.99. The number of ether oxygens (including phenoxy) is 1. The maximum Gasteiger partial charge on any atom is 0.345 e. The molecule has 0 saturated heterocycles. The average Bonchev–Trinajstić information content (AvgIpc) is 2.31. The van der Waals surface area contributed by atoms with Crippen LogP contribution in [0.15, 0.2) is 16.6 Å². The molecule has 0 heterocycles. The molecule has 19 heavy (non-hydrogen) atoms. The second-order valence-corrected chi connectivity index (χ2v) is 4.90. The first-order valence-electron chi connectivity index (χ1n) is 5.71. The Hall–Kier alpha value is -1.50. The van der Waals surface area contributed by atoms with Crippen molar-refractivity contribution in [1.82, 2.24) is 0 Å². The lowest BCUT2D eigenvalue weighted by Crippen LogP contribution is -2.16. The zero-order chi connectivity index (χ0) is 14.6. The summed E-state index contributed by atoms with van der Waals surface area (Å²) in [5, 5.41) is 10.9. The molecule has 1 rings (SSSR count). The number of esters is 1. The van der Waals surface area contributed by atoms with Gasteiger partial charge in [0.15, 0.2) is 0 Å². The number of nitro benzene ring substituents is 1. The van der Waals surface area contributed by atoms with Crippen LogP contribution in [0.2, 0.25) is 0 Å². The summed E-state index contributed by atoms with van der Waals surface area (Å²) in [5.41, 5.74) is -0.865. The summed E-state index contributed by atoms with van der Waals surface area (Å²) in [6, 6.07) is 1.76. The van der Waals surface area contributed by atoms with Crippen molar-refractivity contribution in [2.45, 2.75) is 32.8 Å². The van der Waals surface area contributed by atoms with E-state index in [-0.39, 0.29) is 16.1 Å². The molecule has 0 aliphatic rings.